The van der Waals surface area contributed by atoms with E-state index < -0.39 is 5.41 Å². The first-order chi connectivity index (χ1) is 12.1. The van der Waals surface area contributed by atoms with Gasteiger partial charge in [0.15, 0.2) is 0 Å². The summed E-state index contributed by atoms with van der Waals surface area (Å²) in [6, 6.07) is 0. The Morgan fingerprint density at radius 2 is 1.48 bits per heavy atom. The third-order valence-corrected chi connectivity index (χ3v) is 4.76. The van der Waals surface area contributed by atoms with Crippen LogP contribution in [0, 0.1) is 17.3 Å². The van der Waals surface area contributed by atoms with Crippen molar-refractivity contribution in [3.8, 4) is 0 Å². The first kappa shape index (κ1) is 25.9. The molecule has 0 rings (SSSR count). The van der Waals surface area contributed by atoms with E-state index >= 15 is 0 Å². The summed E-state index contributed by atoms with van der Waals surface area (Å²) in [6.07, 6.45) is 2.33. The van der Waals surface area contributed by atoms with Crippen LogP contribution < -0.4 is 10.6 Å². The van der Waals surface area contributed by atoms with Crippen LogP contribution in [0.3, 0.4) is 0 Å². The number of hydrogen-bond acceptors (Lipinski definition) is 3. The number of carbonyl (C=O) groups excluding carboxylic acids is 2. The van der Waals surface area contributed by atoms with Gasteiger partial charge in [0, 0.05) is 30.0 Å². The largest absolute Gasteiger partial charge is 0.375 e. The fourth-order valence-corrected chi connectivity index (χ4v) is 3.01. The second kappa shape index (κ2) is 10.4. The molecule has 0 aliphatic heterocycles. The zero-order chi connectivity index (χ0) is 21.5. The first-order valence-corrected chi connectivity index (χ1v) is 10.3. The Kier molecular flexibility index (Phi) is 10.0. The van der Waals surface area contributed by atoms with Gasteiger partial charge < -0.3 is 15.4 Å². The van der Waals surface area contributed by atoms with E-state index in [0.29, 0.717) is 25.5 Å². The van der Waals surface area contributed by atoms with Gasteiger partial charge in [-0.3, -0.25) is 9.59 Å². The van der Waals surface area contributed by atoms with Gasteiger partial charge in [-0.05, 0) is 52.9 Å². The molecule has 5 nitrogen and oxygen atoms in total. The Bertz CT molecular complexity index is 480. The Hall–Kier alpha value is -1.10. The van der Waals surface area contributed by atoms with Crippen molar-refractivity contribution in [3.63, 3.8) is 0 Å². The number of amides is 2. The summed E-state index contributed by atoms with van der Waals surface area (Å²) in [6.45, 7) is 21.3. The lowest BCUT2D eigenvalue weighted by Crippen LogP contribution is -2.49. The summed E-state index contributed by atoms with van der Waals surface area (Å²) in [5.41, 5.74) is -1.04. The number of rotatable bonds is 12. The molecule has 0 aromatic carbocycles. The van der Waals surface area contributed by atoms with E-state index in [4.69, 9.17) is 4.74 Å². The summed E-state index contributed by atoms with van der Waals surface area (Å²) in [7, 11) is 0. The summed E-state index contributed by atoms with van der Waals surface area (Å²) in [5, 5.41) is 6.11. The van der Waals surface area contributed by atoms with E-state index in [9.17, 15) is 9.59 Å². The molecule has 0 aromatic rings. The molecule has 0 bridgehead atoms. The third-order valence-electron chi connectivity index (χ3n) is 4.76. The van der Waals surface area contributed by atoms with E-state index in [2.05, 4.69) is 38.3 Å². The molecular weight excluding hydrogens is 340 g/mol. The van der Waals surface area contributed by atoms with Crippen LogP contribution in [0.2, 0.25) is 0 Å². The van der Waals surface area contributed by atoms with Gasteiger partial charge in [0.05, 0.1) is 5.60 Å². The highest BCUT2D eigenvalue weighted by Crippen LogP contribution is 2.25. The van der Waals surface area contributed by atoms with E-state index in [1.54, 1.807) is 0 Å². The van der Waals surface area contributed by atoms with Crippen LogP contribution in [0.1, 0.15) is 88.5 Å². The molecule has 0 aliphatic carbocycles. The van der Waals surface area contributed by atoms with E-state index in [-0.39, 0.29) is 28.9 Å². The molecule has 0 radical (unpaired) electrons. The highest BCUT2D eigenvalue weighted by atomic mass is 16.5. The Labute approximate surface area is 167 Å². The maximum atomic E-state index is 12.7. The number of ether oxygens (including phenoxy) is 1. The molecular formula is C22H44N2O3. The SMILES string of the molecule is CC(C)CC(C)(C)NC(=O)C(C)(C)CCOC(C)(C)CCNC(=O)C(C)C. The van der Waals surface area contributed by atoms with Gasteiger partial charge in [0.1, 0.15) is 0 Å². The van der Waals surface area contributed by atoms with E-state index in [0.717, 1.165) is 12.8 Å². The maximum absolute atomic E-state index is 12.7. The molecule has 0 fully saturated rings. The van der Waals surface area contributed by atoms with E-state index in [1.807, 2.05) is 41.5 Å². The monoisotopic (exact) mass is 384 g/mol. The van der Waals surface area contributed by atoms with Crippen molar-refractivity contribution in [2.24, 2.45) is 17.3 Å². The standard InChI is InChI=1S/C22H44N2O3/c1-16(2)15-21(7,8)24-19(26)20(5,6)12-14-27-22(9,10)11-13-23-18(25)17(3)4/h16-17H,11-15H2,1-10H3,(H,23,25)(H,24,26). The van der Waals surface area contributed by atoms with Gasteiger partial charge in [0.25, 0.3) is 0 Å². The lowest BCUT2D eigenvalue weighted by atomic mass is 9.85. The summed E-state index contributed by atoms with van der Waals surface area (Å²) in [4.78, 5) is 24.3. The summed E-state index contributed by atoms with van der Waals surface area (Å²) < 4.78 is 6.02. The topological polar surface area (TPSA) is 67.4 Å². The Balaban J connectivity index is 4.42. The number of nitrogens with one attached hydrogen (secondary N) is 2. The number of carbonyl (C=O) groups is 2. The van der Waals surface area contributed by atoms with Crippen LogP contribution in [0.25, 0.3) is 0 Å². The van der Waals surface area contributed by atoms with Crippen molar-refractivity contribution in [2.45, 2.75) is 99.6 Å². The van der Waals surface area contributed by atoms with Crippen molar-refractivity contribution < 1.29 is 14.3 Å². The molecule has 27 heavy (non-hydrogen) atoms. The van der Waals surface area contributed by atoms with Crippen molar-refractivity contribution in [3.05, 3.63) is 0 Å². The Morgan fingerprint density at radius 1 is 0.926 bits per heavy atom. The van der Waals surface area contributed by atoms with Crippen LogP contribution in [-0.2, 0) is 14.3 Å². The fraction of sp³-hybridized carbons (Fsp3) is 0.909. The predicted octanol–water partition coefficient (Wildman–Crippen LogP) is 4.30. The molecule has 0 unspecified atom stereocenters. The molecule has 2 N–H and O–H groups in total. The highest BCUT2D eigenvalue weighted by Gasteiger charge is 2.32. The van der Waals surface area contributed by atoms with Crippen LogP contribution in [-0.4, -0.2) is 36.1 Å². The minimum atomic E-state index is -0.490. The molecule has 0 aromatic heterocycles. The second-order valence-electron chi connectivity index (χ2n) is 10.4. The Morgan fingerprint density at radius 3 is 1.96 bits per heavy atom. The number of hydrogen-bond donors (Lipinski definition) is 2. The molecule has 0 heterocycles. The van der Waals surface area contributed by atoms with Gasteiger partial charge >= 0.3 is 0 Å². The normalized spacial score (nSPS) is 13.2. The molecule has 0 atom stereocenters. The molecule has 160 valence electrons. The van der Waals surface area contributed by atoms with Gasteiger partial charge in [-0.2, -0.15) is 0 Å². The van der Waals surface area contributed by atoms with Crippen LogP contribution in [0.4, 0.5) is 0 Å². The molecule has 0 saturated carbocycles. The van der Waals surface area contributed by atoms with Gasteiger partial charge in [-0.1, -0.05) is 41.5 Å². The lowest BCUT2D eigenvalue weighted by molar-refractivity contribution is -0.133. The minimum Gasteiger partial charge on any atom is -0.375 e. The molecule has 0 aliphatic rings. The molecule has 2 amide bonds. The highest BCUT2D eigenvalue weighted by molar-refractivity contribution is 5.82. The van der Waals surface area contributed by atoms with Gasteiger partial charge in [-0.15, -0.1) is 0 Å². The smallest absolute Gasteiger partial charge is 0.226 e. The molecule has 0 saturated heterocycles. The molecule has 0 spiro atoms. The van der Waals surface area contributed by atoms with Crippen molar-refractivity contribution in [1.82, 2.24) is 10.6 Å². The average Bonchev–Trinajstić information content (AvgIpc) is 2.44. The van der Waals surface area contributed by atoms with Gasteiger partial charge in [-0.25, -0.2) is 0 Å². The average molecular weight is 385 g/mol. The zero-order valence-electron chi connectivity index (χ0n) is 19.4. The quantitative estimate of drug-likeness (QED) is 0.527. The first-order valence-electron chi connectivity index (χ1n) is 10.3. The molecule has 5 heteroatoms. The second-order valence-corrected chi connectivity index (χ2v) is 10.4. The minimum absolute atomic E-state index is 0.00621. The van der Waals surface area contributed by atoms with Crippen LogP contribution >= 0.6 is 0 Å². The maximum Gasteiger partial charge on any atom is 0.226 e. The van der Waals surface area contributed by atoms with Crippen molar-refractivity contribution in [2.75, 3.05) is 13.2 Å². The van der Waals surface area contributed by atoms with Crippen molar-refractivity contribution in [1.29, 1.82) is 0 Å². The predicted molar refractivity (Wildman–Crippen MR) is 113 cm³/mol. The van der Waals surface area contributed by atoms with Crippen molar-refractivity contribution >= 4 is 11.8 Å². The van der Waals surface area contributed by atoms with Crippen LogP contribution in [0.5, 0.6) is 0 Å². The summed E-state index contributed by atoms with van der Waals surface area (Å²) in [5.74, 6) is 0.656. The van der Waals surface area contributed by atoms with Crippen LogP contribution in [0.15, 0.2) is 0 Å². The third kappa shape index (κ3) is 11.4. The van der Waals surface area contributed by atoms with E-state index in [1.165, 1.54) is 0 Å². The zero-order valence-corrected chi connectivity index (χ0v) is 19.4. The fourth-order valence-electron chi connectivity index (χ4n) is 3.01. The lowest BCUT2D eigenvalue weighted by Gasteiger charge is -2.34. The summed E-state index contributed by atoms with van der Waals surface area (Å²) >= 11 is 0. The van der Waals surface area contributed by atoms with Gasteiger partial charge in [0.2, 0.25) is 11.8 Å².